The largest absolute Gasteiger partial charge is 0.490 e. The Morgan fingerprint density at radius 2 is 2.08 bits per heavy atom. The number of alkyl carbamates (subject to hydrolysis) is 1. The number of nitrogens with two attached hydrogens (primary N) is 1. The molecule has 1 aromatic carbocycles. The highest BCUT2D eigenvalue weighted by Crippen LogP contribution is 2.30. The fraction of sp³-hybridized carbons (Fsp3) is 0.611. The summed E-state index contributed by atoms with van der Waals surface area (Å²) in [6.07, 6.45) is 1.88. The predicted octanol–water partition coefficient (Wildman–Crippen LogP) is 3.67. The van der Waals surface area contributed by atoms with Crippen molar-refractivity contribution < 1.29 is 18.7 Å². The number of amides is 1. The lowest BCUT2D eigenvalue weighted by atomic mass is 10.1. The van der Waals surface area contributed by atoms with E-state index in [0.29, 0.717) is 17.7 Å². The Balaban J connectivity index is 1.92. The van der Waals surface area contributed by atoms with Gasteiger partial charge < -0.3 is 20.5 Å². The van der Waals surface area contributed by atoms with Gasteiger partial charge in [-0.2, -0.15) is 0 Å². The van der Waals surface area contributed by atoms with E-state index < -0.39 is 11.7 Å². The molecule has 0 heterocycles. The normalized spacial score (nSPS) is 22.1. The van der Waals surface area contributed by atoms with Gasteiger partial charge in [0.15, 0.2) is 0 Å². The molecule has 0 aliphatic heterocycles. The van der Waals surface area contributed by atoms with Crippen molar-refractivity contribution in [1.29, 1.82) is 0 Å². The van der Waals surface area contributed by atoms with Crippen LogP contribution in [0.2, 0.25) is 0 Å². The smallest absolute Gasteiger partial charge is 0.407 e. The van der Waals surface area contributed by atoms with Crippen molar-refractivity contribution in [2.24, 2.45) is 5.73 Å². The average Bonchev–Trinajstić information content (AvgIpc) is 2.85. The van der Waals surface area contributed by atoms with Crippen molar-refractivity contribution in [2.45, 2.75) is 70.7 Å². The van der Waals surface area contributed by atoms with Crippen molar-refractivity contribution in [3.63, 3.8) is 0 Å². The Hall–Kier alpha value is -1.82. The molecule has 1 aliphatic rings. The van der Waals surface area contributed by atoms with E-state index in [9.17, 15) is 9.18 Å². The van der Waals surface area contributed by atoms with Gasteiger partial charge in [-0.3, -0.25) is 0 Å². The molecule has 1 amide bonds. The number of carbonyl (C=O) groups is 1. The number of nitrogens with one attached hydrogen (secondary N) is 1. The Labute approximate surface area is 142 Å². The van der Waals surface area contributed by atoms with Gasteiger partial charge in [-0.05, 0) is 58.7 Å². The first-order valence-electron chi connectivity index (χ1n) is 8.35. The van der Waals surface area contributed by atoms with Crippen LogP contribution in [0.25, 0.3) is 0 Å². The quantitative estimate of drug-likeness (QED) is 0.878. The van der Waals surface area contributed by atoms with Crippen molar-refractivity contribution in [2.75, 3.05) is 0 Å². The van der Waals surface area contributed by atoms with Gasteiger partial charge in [-0.25, -0.2) is 9.18 Å². The van der Waals surface area contributed by atoms with E-state index in [2.05, 4.69) is 5.32 Å². The van der Waals surface area contributed by atoms with E-state index in [0.717, 1.165) is 12.8 Å². The molecule has 24 heavy (non-hydrogen) atoms. The van der Waals surface area contributed by atoms with Crippen LogP contribution in [-0.4, -0.2) is 23.8 Å². The van der Waals surface area contributed by atoms with Crippen molar-refractivity contribution in [3.05, 3.63) is 29.6 Å². The molecule has 1 aromatic rings. The lowest BCUT2D eigenvalue weighted by molar-refractivity contribution is 0.0503. The van der Waals surface area contributed by atoms with Crippen molar-refractivity contribution >= 4 is 6.09 Å². The third kappa shape index (κ3) is 5.37. The van der Waals surface area contributed by atoms with Crippen LogP contribution in [0.5, 0.6) is 5.75 Å². The molecule has 0 bridgehead atoms. The summed E-state index contributed by atoms with van der Waals surface area (Å²) in [4.78, 5) is 11.8. The maximum Gasteiger partial charge on any atom is 0.407 e. The molecule has 0 aromatic heterocycles. The second-order valence-electron chi connectivity index (χ2n) is 7.37. The van der Waals surface area contributed by atoms with Crippen LogP contribution in [0.3, 0.4) is 0 Å². The van der Waals surface area contributed by atoms with E-state index in [1.807, 2.05) is 20.8 Å². The molecule has 6 heteroatoms. The minimum absolute atomic E-state index is 0.0176. The molecule has 1 saturated carbocycles. The summed E-state index contributed by atoms with van der Waals surface area (Å²) < 4.78 is 24.7. The number of ether oxygens (including phenoxy) is 2. The number of rotatable bonds is 4. The van der Waals surface area contributed by atoms with Gasteiger partial charge in [0, 0.05) is 24.1 Å². The van der Waals surface area contributed by atoms with Crippen LogP contribution in [0, 0.1) is 5.82 Å². The zero-order valence-electron chi connectivity index (χ0n) is 14.8. The SMILES string of the molecule is CC(N)c1cc(F)ccc1O[C@@H]1CC[C@H](NC(=O)OC(C)(C)C)C1. The minimum atomic E-state index is -0.515. The molecular weight excluding hydrogens is 311 g/mol. The second-order valence-corrected chi connectivity index (χ2v) is 7.37. The third-order valence-corrected chi connectivity index (χ3v) is 3.86. The number of hydrogen-bond acceptors (Lipinski definition) is 4. The van der Waals surface area contributed by atoms with Crippen molar-refractivity contribution in [1.82, 2.24) is 5.32 Å². The lowest BCUT2D eigenvalue weighted by Gasteiger charge is -2.22. The molecule has 2 rings (SSSR count). The predicted molar refractivity (Wildman–Crippen MR) is 90.4 cm³/mol. The second kappa shape index (κ2) is 7.38. The maximum absolute atomic E-state index is 13.4. The summed E-state index contributed by atoms with van der Waals surface area (Å²) in [6.45, 7) is 7.29. The fourth-order valence-electron chi connectivity index (χ4n) is 2.81. The first-order chi connectivity index (χ1) is 11.1. The summed E-state index contributed by atoms with van der Waals surface area (Å²) in [6, 6.07) is 4.09. The molecule has 1 unspecified atom stereocenters. The molecule has 3 atom stereocenters. The van der Waals surface area contributed by atoms with E-state index >= 15 is 0 Å². The molecule has 1 aliphatic carbocycles. The minimum Gasteiger partial charge on any atom is -0.490 e. The van der Waals surface area contributed by atoms with Gasteiger partial charge in [0.1, 0.15) is 23.3 Å². The van der Waals surface area contributed by atoms with E-state index in [1.165, 1.54) is 12.1 Å². The van der Waals surface area contributed by atoms with Crippen LogP contribution in [0.1, 0.15) is 58.6 Å². The Kier molecular flexibility index (Phi) is 5.70. The topological polar surface area (TPSA) is 73.6 Å². The summed E-state index contributed by atoms with van der Waals surface area (Å²) in [5.41, 5.74) is 6.03. The van der Waals surface area contributed by atoms with Gasteiger partial charge >= 0.3 is 6.09 Å². The molecule has 5 nitrogen and oxygen atoms in total. The highest BCUT2D eigenvalue weighted by atomic mass is 19.1. The molecule has 3 N–H and O–H groups in total. The number of halogens is 1. The van der Waals surface area contributed by atoms with Gasteiger partial charge in [0.25, 0.3) is 0 Å². The molecule has 1 fully saturated rings. The average molecular weight is 338 g/mol. The molecule has 134 valence electrons. The maximum atomic E-state index is 13.4. The van der Waals surface area contributed by atoms with Crippen LogP contribution in [-0.2, 0) is 4.74 Å². The number of hydrogen-bond donors (Lipinski definition) is 2. The van der Waals surface area contributed by atoms with Gasteiger partial charge in [0.05, 0.1) is 0 Å². The lowest BCUT2D eigenvalue weighted by Crippen LogP contribution is -2.38. The van der Waals surface area contributed by atoms with Gasteiger partial charge in [-0.1, -0.05) is 0 Å². The first kappa shape index (κ1) is 18.5. The van der Waals surface area contributed by atoms with E-state index in [4.69, 9.17) is 15.2 Å². The third-order valence-electron chi connectivity index (χ3n) is 3.86. The van der Waals surface area contributed by atoms with Crippen LogP contribution < -0.4 is 15.8 Å². The molecular formula is C18H27FN2O3. The fourth-order valence-corrected chi connectivity index (χ4v) is 2.81. The molecule has 0 radical (unpaired) electrons. The van der Waals surface area contributed by atoms with Crippen LogP contribution in [0.15, 0.2) is 18.2 Å². The summed E-state index contributed by atoms with van der Waals surface area (Å²) in [7, 11) is 0. The Morgan fingerprint density at radius 1 is 1.38 bits per heavy atom. The van der Waals surface area contributed by atoms with Gasteiger partial charge in [0.2, 0.25) is 0 Å². The highest BCUT2D eigenvalue weighted by Gasteiger charge is 2.29. The zero-order chi connectivity index (χ0) is 17.9. The number of carbonyl (C=O) groups excluding carboxylic acids is 1. The van der Waals surface area contributed by atoms with E-state index in [-0.39, 0.29) is 24.0 Å². The summed E-state index contributed by atoms with van der Waals surface area (Å²) in [5.74, 6) is 0.278. The molecule has 0 spiro atoms. The van der Waals surface area contributed by atoms with Gasteiger partial charge in [-0.15, -0.1) is 0 Å². The van der Waals surface area contributed by atoms with Crippen molar-refractivity contribution in [3.8, 4) is 5.75 Å². The highest BCUT2D eigenvalue weighted by molar-refractivity contribution is 5.68. The Bertz CT molecular complexity index is 584. The number of benzene rings is 1. The van der Waals surface area contributed by atoms with Crippen LogP contribution >= 0.6 is 0 Å². The summed E-state index contributed by atoms with van der Waals surface area (Å²) in [5, 5.41) is 2.87. The molecule has 0 saturated heterocycles. The van der Waals surface area contributed by atoms with Crippen LogP contribution in [0.4, 0.5) is 9.18 Å². The zero-order valence-corrected chi connectivity index (χ0v) is 14.8. The summed E-state index contributed by atoms with van der Waals surface area (Å²) >= 11 is 0. The van der Waals surface area contributed by atoms with E-state index in [1.54, 1.807) is 13.0 Å². The Morgan fingerprint density at radius 3 is 2.71 bits per heavy atom. The monoisotopic (exact) mass is 338 g/mol. The first-order valence-corrected chi connectivity index (χ1v) is 8.35. The standard InChI is InChI=1S/C18H27FN2O3/c1-11(20)15-9-12(19)5-8-16(15)23-14-7-6-13(10-14)21-17(22)24-18(2,3)4/h5,8-9,11,13-14H,6-7,10,20H2,1-4H3,(H,21,22)/t11?,13-,14+/m0/s1.